The highest BCUT2D eigenvalue weighted by Gasteiger charge is 2.39. The maximum atomic E-state index is 6.06. The molecule has 1 aromatic heterocycles. The third kappa shape index (κ3) is 2.56. The highest BCUT2D eigenvalue weighted by Crippen LogP contribution is 2.27. The Kier molecular flexibility index (Phi) is 3.13. The molecule has 2 heterocycles. The van der Waals surface area contributed by atoms with E-state index in [4.69, 9.17) is 20.9 Å². The molecule has 0 unspecified atom stereocenters. The van der Waals surface area contributed by atoms with E-state index >= 15 is 0 Å². The Bertz CT molecular complexity index is 353. The molecule has 0 aliphatic carbocycles. The zero-order valence-corrected chi connectivity index (χ0v) is 10.7. The lowest BCUT2D eigenvalue weighted by Crippen LogP contribution is -2.51. The lowest BCUT2D eigenvalue weighted by atomic mass is 9.76. The number of hydrogen-bond acceptors (Lipinski definition) is 3. The summed E-state index contributed by atoms with van der Waals surface area (Å²) < 4.78 is 11.6. The van der Waals surface area contributed by atoms with Crippen LogP contribution in [0.3, 0.4) is 0 Å². The van der Waals surface area contributed by atoms with E-state index in [2.05, 4.69) is 20.8 Å². The molecule has 82 valence electrons. The third-order valence-electron chi connectivity index (χ3n) is 2.46. The van der Waals surface area contributed by atoms with Gasteiger partial charge in [-0.2, -0.15) is 11.3 Å². The van der Waals surface area contributed by atoms with Gasteiger partial charge in [-0.25, -0.2) is 0 Å². The van der Waals surface area contributed by atoms with Crippen molar-refractivity contribution in [2.45, 2.75) is 38.9 Å². The summed E-state index contributed by atoms with van der Waals surface area (Å²) in [6.07, 6.45) is 1.11. The van der Waals surface area contributed by atoms with E-state index in [0.717, 1.165) is 16.9 Å². The van der Waals surface area contributed by atoms with Crippen LogP contribution in [0, 0.1) is 0 Å². The third-order valence-corrected chi connectivity index (χ3v) is 3.68. The Morgan fingerprint density at radius 3 is 2.80 bits per heavy atom. The molecule has 0 radical (unpaired) electrons. The van der Waals surface area contributed by atoms with E-state index in [1.807, 2.05) is 10.8 Å². The Hall–Kier alpha value is -0.0251. The molecular formula is C10H14BClO2S. The molecule has 1 fully saturated rings. The number of hydrogen-bond donors (Lipinski definition) is 0. The van der Waals surface area contributed by atoms with Crippen molar-refractivity contribution in [1.82, 2.24) is 0 Å². The maximum Gasteiger partial charge on any atom is 0.496 e. The fourth-order valence-electron chi connectivity index (χ4n) is 1.91. The average Bonchev–Trinajstić information content (AvgIpc) is 2.47. The van der Waals surface area contributed by atoms with Crippen molar-refractivity contribution in [2.24, 2.45) is 0 Å². The zero-order valence-electron chi connectivity index (χ0n) is 9.12. The van der Waals surface area contributed by atoms with Crippen molar-refractivity contribution >= 4 is 35.5 Å². The number of rotatable bonds is 1. The zero-order chi connectivity index (χ0) is 11.1. The lowest BCUT2D eigenvalue weighted by Gasteiger charge is -2.38. The first-order valence-corrected chi connectivity index (χ1v) is 6.35. The molecule has 0 N–H and O–H groups in total. The molecule has 0 amide bonds. The second-order valence-electron chi connectivity index (χ2n) is 4.54. The number of thiophene rings is 1. The fraction of sp³-hybridized carbons (Fsp3) is 0.600. The minimum absolute atomic E-state index is 0.145. The van der Waals surface area contributed by atoms with Crippen LogP contribution in [-0.2, 0) is 9.31 Å². The predicted molar refractivity (Wildman–Crippen MR) is 65.0 cm³/mol. The van der Waals surface area contributed by atoms with Crippen LogP contribution in [0.5, 0.6) is 0 Å². The standard InChI is InChI=1S/C10H14BClO2S/c1-7-4-10(2,3)14-11(13-7)8-5-15-6-9(8)12/h5-7H,4H2,1-3H3/t7-/m0/s1. The maximum absolute atomic E-state index is 6.06. The Morgan fingerprint density at radius 2 is 2.27 bits per heavy atom. The SMILES string of the molecule is C[C@H]1CC(C)(C)OB(c2cscc2Cl)O1. The first-order valence-electron chi connectivity index (χ1n) is 5.03. The van der Waals surface area contributed by atoms with Gasteiger partial charge in [0.2, 0.25) is 0 Å². The van der Waals surface area contributed by atoms with Crippen LogP contribution in [-0.4, -0.2) is 18.8 Å². The normalized spacial score (nSPS) is 25.6. The van der Waals surface area contributed by atoms with Crippen molar-refractivity contribution in [3.05, 3.63) is 15.8 Å². The minimum atomic E-state index is -0.317. The van der Waals surface area contributed by atoms with Gasteiger partial charge in [-0.3, -0.25) is 0 Å². The van der Waals surface area contributed by atoms with Crippen LogP contribution < -0.4 is 5.46 Å². The summed E-state index contributed by atoms with van der Waals surface area (Å²) in [5.41, 5.74) is 0.800. The largest absolute Gasteiger partial charge is 0.496 e. The van der Waals surface area contributed by atoms with Crippen molar-refractivity contribution in [2.75, 3.05) is 0 Å². The highest BCUT2D eigenvalue weighted by atomic mass is 35.5. The second-order valence-corrected chi connectivity index (χ2v) is 5.69. The Labute approximate surface area is 99.7 Å². The molecule has 5 heteroatoms. The van der Waals surface area contributed by atoms with Crippen molar-refractivity contribution < 1.29 is 9.31 Å². The fourth-order valence-corrected chi connectivity index (χ4v) is 2.98. The molecule has 0 bridgehead atoms. The Balaban J connectivity index is 2.20. The molecule has 1 atom stereocenters. The molecule has 0 spiro atoms. The first-order chi connectivity index (χ1) is 6.98. The van der Waals surface area contributed by atoms with Crippen LogP contribution in [0.2, 0.25) is 5.02 Å². The van der Waals surface area contributed by atoms with Crippen molar-refractivity contribution in [1.29, 1.82) is 0 Å². The van der Waals surface area contributed by atoms with Gasteiger partial charge in [0.1, 0.15) is 0 Å². The molecule has 1 aliphatic rings. The van der Waals surface area contributed by atoms with Gasteiger partial charge in [0.15, 0.2) is 0 Å². The smallest absolute Gasteiger partial charge is 0.405 e. The average molecular weight is 245 g/mol. The van der Waals surface area contributed by atoms with Crippen LogP contribution in [0.4, 0.5) is 0 Å². The lowest BCUT2D eigenvalue weighted by molar-refractivity contribution is -0.0229. The molecule has 2 nitrogen and oxygen atoms in total. The van der Waals surface area contributed by atoms with Crippen LogP contribution in [0.25, 0.3) is 0 Å². The van der Waals surface area contributed by atoms with Gasteiger partial charge < -0.3 is 9.31 Å². The predicted octanol–water partition coefficient (Wildman–Crippen LogP) is 2.70. The second kappa shape index (κ2) is 4.09. The van der Waals surface area contributed by atoms with Gasteiger partial charge in [0.25, 0.3) is 0 Å². The van der Waals surface area contributed by atoms with E-state index < -0.39 is 0 Å². The van der Waals surface area contributed by atoms with Crippen molar-refractivity contribution in [3.8, 4) is 0 Å². The molecule has 1 saturated heterocycles. The minimum Gasteiger partial charge on any atom is -0.405 e. The quantitative estimate of drug-likeness (QED) is 0.707. The van der Waals surface area contributed by atoms with Gasteiger partial charge in [0.05, 0.1) is 10.6 Å². The molecule has 0 saturated carbocycles. The summed E-state index contributed by atoms with van der Waals surface area (Å²) in [4.78, 5) is 0. The molecular weight excluding hydrogens is 230 g/mol. The van der Waals surface area contributed by atoms with E-state index in [9.17, 15) is 0 Å². The van der Waals surface area contributed by atoms with E-state index in [0.29, 0.717) is 0 Å². The summed E-state index contributed by atoms with van der Waals surface area (Å²) >= 11 is 7.63. The van der Waals surface area contributed by atoms with E-state index in [-0.39, 0.29) is 18.8 Å². The van der Waals surface area contributed by atoms with Gasteiger partial charge in [-0.1, -0.05) is 11.6 Å². The van der Waals surface area contributed by atoms with Gasteiger partial charge in [0, 0.05) is 16.9 Å². The summed E-state index contributed by atoms with van der Waals surface area (Å²) in [5, 5.41) is 4.62. The molecule has 15 heavy (non-hydrogen) atoms. The molecule has 1 aliphatic heterocycles. The van der Waals surface area contributed by atoms with Crippen LogP contribution in [0.15, 0.2) is 10.8 Å². The van der Waals surface area contributed by atoms with Crippen LogP contribution in [0.1, 0.15) is 27.2 Å². The van der Waals surface area contributed by atoms with Gasteiger partial charge >= 0.3 is 7.12 Å². The van der Waals surface area contributed by atoms with E-state index in [1.54, 1.807) is 11.3 Å². The summed E-state index contributed by atoms with van der Waals surface area (Å²) in [6, 6.07) is 0. The summed E-state index contributed by atoms with van der Waals surface area (Å²) in [6.45, 7) is 6.23. The molecule has 1 aromatic rings. The number of halogens is 1. The molecule has 0 aromatic carbocycles. The summed E-state index contributed by atoms with van der Waals surface area (Å²) in [7, 11) is -0.317. The van der Waals surface area contributed by atoms with Crippen LogP contribution >= 0.6 is 22.9 Å². The van der Waals surface area contributed by atoms with Crippen molar-refractivity contribution in [3.63, 3.8) is 0 Å². The van der Waals surface area contributed by atoms with Gasteiger partial charge in [-0.15, -0.1) is 0 Å². The topological polar surface area (TPSA) is 18.5 Å². The molecule has 2 rings (SSSR count). The first kappa shape index (κ1) is 11.5. The Morgan fingerprint density at radius 1 is 1.53 bits per heavy atom. The van der Waals surface area contributed by atoms with E-state index in [1.165, 1.54) is 0 Å². The van der Waals surface area contributed by atoms with Gasteiger partial charge in [-0.05, 0) is 32.6 Å². The summed E-state index contributed by atoms with van der Waals surface area (Å²) in [5.74, 6) is 0. The highest BCUT2D eigenvalue weighted by molar-refractivity contribution is 7.10. The monoisotopic (exact) mass is 244 g/mol.